The van der Waals surface area contributed by atoms with Crippen molar-refractivity contribution in [2.45, 2.75) is 18.8 Å². The monoisotopic (exact) mass is 589 g/mol. The van der Waals surface area contributed by atoms with Crippen molar-refractivity contribution in [2.75, 3.05) is 5.32 Å². The molecule has 0 spiro atoms. The normalized spacial score (nSPS) is 16.9. The van der Waals surface area contributed by atoms with Crippen molar-refractivity contribution in [3.8, 4) is 0 Å². The molecule has 3 N–H and O–H groups in total. The number of rotatable bonds is 3. The summed E-state index contributed by atoms with van der Waals surface area (Å²) in [6, 6.07) is 5.82. The first kappa shape index (κ1) is 26.7. The Kier molecular flexibility index (Phi) is 5.70. The van der Waals surface area contributed by atoms with Crippen LogP contribution in [0.3, 0.4) is 0 Å². The molecular formula is C27H17ClF5N5O3. The summed E-state index contributed by atoms with van der Waals surface area (Å²) >= 11 is 6.30. The number of benzene rings is 3. The van der Waals surface area contributed by atoms with E-state index in [-0.39, 0.29) is 39.0 Å². The minimum atomic E-state index is -4.93. The molecule has 0 radical (unpaired) electrons. The predicted molar refractivity (Wildman–Crippen MR) is 138 cm³/mol. The second-order valence-electron chi connectivity index (χ2n) is 9.61. The van der Waals surface area contributed by atoms with E-state index in [1.165, 1.54) is 6.07 Å². The van der Waals surface area contributed by atoms with E-state index in [9.17, 15) is 36.6 Å². The van der Waals surface area contributed by atoms with E-state index in [2.05, 4.69) is 15.6 Å². The van der Waals surface area contributed by atoms with Gasteiger partial charge < -0.3 is 20.3 Å². The summed E-state index contributed by atoms with van der Waals surface area (Å²) in [6.07, 6.45) is -3.37. The van der Waals surface area contributed by atoms with Crippen LogP contribution in [0.15, 0.2) is 48.7 Å². The number of aliphatic hydroxyl groups is 1. The van der Waals surface area contributed by atoms with E-state index in [1.807, 2.05) is 0 Å². The maximum Gasteiger partial charge on any atom is 0.416 e. The quantitative estimate of drug-likeness (QED) is 0.250. The van der Waals surface area contributed by atoms with Gasteiger partial charge in [0.15, 0.2) is 5.72 Å². The third-order valence-corrected chi connectivity index (χ3v) is 7.34. The molecule has 210 valence electrons. The second kappa shape index (κ2) is 8.75. The number of imidazole rings is 2. The number of hydrogen-bond donors (Lipinski definition) is 3. The van der Waals surface area contributed by atoms with E-state index < -0.39 is 46.5 Å². The van der Waals surface area contributed by atoms with Gasteiger partial charge in [-0.25, -0.2) is 13.8 Å². The first-order chi connectivity index (χ1) is 19.2. The lowest BCUT2D eigenvalue weighted by Gasteiger charge is -2.27. The van der Waals surface area contributed by atoms with Crippen LogP contribution in [0.25, 0.3) is 16.8 Å². The van der Waals surface area contributed by atoms with Crippen LogP contribution in [-0.4, -0.2) is 30.9 Å². The van der Waals surface area contributed by atoms with Gasteiger partial charge in [-0.05, 0) is 49.4 Å². The van der Waals surface area contributed by atoms with Crippen molar-refractivity contribution >= 4 is 45.9 Å². The molecular weight excluding hydrogens is 573 g/mol. The molecule has 2 amide bonds. The molecule has 1 aliphatic heterocycles. The first-order valence-corrected chi connectivity index (χ1v) is 12.3. The number of amides is 2. The van der Waals surface area contributed by atoms with Gasteiger partial charge in [0, 0.05) is 34.5 Å². The number of aryl methyl sites for hydroxylation is 2. The van der Waals surface area contributed by atoms with Gasteiger partial charge >= 0.3 is 6.18 Å². The van der Waals surface area contributed by atoms with Crippen molar-refractivity contribution in [1.29, 1.82) is 0 Å². The predicted octanol–water partition coefficient (Wildman–Crippen LogP) is 5.27. The van der Waals surface area contributed by atoms with E-state index in [0.717, 1.165) is 18.2 Å². The van der Waals surface area contributed by atoms with Crippen molar-refractivity contribution in [1.82, 2.24) is 19.3 Å². The minimum absolute atomic E-state index is 0.122. The largest absolute Gasteiger partial charge is 0.416 e. The number of nitrogens with one attached hydrogen (secondary N) is 2. The molecule has 14 heteroatoms. The Bertz CT molecular complexity index is 1970. The fourth-order valence-electron chi connectivity index (χ4n) is 5.27. The Morgan fingerprint density at radius 2 is 1.85 bits per heavy atom. The Morgan fingerprint density at radius 3 is 2.56 bits per heavy atom. The number of nitrogens with zero attached hydrogens (tertiary/aromatic N) is 3. The van der Waals surface area contributed by atoms with Gasteiger partial charge in [0.05, 0.1) is 34.0 Å². The molecule has 1 atom stereocenters. The second-order valence-corrected chi connectivity index (χ2v) is 10.0. The van der Waals surface area contributed by atoms with Gasteiger partial charge in [-0.2, -0.15) is 13.2 Å². The number of carbonyl (C=O) groups is 2. The van der Waals surface area contributed by atoms with E-state index >= 15 is 0 Å². The smallest absolute Gasteiger partial charge is 0.363 e. The standard InChI is InChI=1S/C27H17ClF5N5O3/c1-11-10-34-25-37(2)22-19(38(11)25)9-18(35-23(39)12-5-13(27(31,32)33)7-15(30)6-12)21-20(22)24(40)36-26(21,41)16-8-14(29)3-4-17(16)28/h3-10,41H,1-2H3,(H,35,39)(H,36,40). The van der Waals surface area contributed by atoms with Crippen molar-refractivity contribution < 1.29 is 36.6 Å². The highest BCUT2D eigenvalue weighted by atomic mass is 35.5. The third kappa shape index (κ3) is 3.95. The molecule has 3 aromatic carbocycles. The molecule has 8 nitrogen and oxygen atoms in total. The maximum absolute atomic E-state index is 14.3. The third-order valence-electron chi connectivity index (χ3n) is 7.01. The highest BCUT2D eigenvalue weighted by Crippen LogP contribution is 2.46. The fraction of sp³-hybridized carbons (Fsp3) is 0.148. The number of aromatic nitrogens is 3. The number of alkyl halides is 3. The summed E-state index contributed by atoms with van der Waals surface area (Å²) in [7, 11) is 1.62. The maximum atomic E-state index is 14.3. The van der Waals surface area contributed by atoms with Crippen LogP contribution < -0.4 is 10.6 Å². The van der Waals surface area contributed by atoms with Crippen molar-refractivity contribution in [3.05, 3.63) is 98.8 Å². The summed E-state index contributed by atoms with van der Waals surface area (Å²) < 4.78 is 71.6. The average molecular weight is 590 g/mol. The van der Waals surface area contributed by atoms with Gasteiger partial charge in [-0.1, -0.05) is 11.6 Å². The number of halogens is 6. The van der Waals surface area contributed by atoms with Crippen LogP contribution in [0.5, 0.6) is 0 Å². The van der Waals surface area contributed by atoms with Gasteiger partial charge in [0.1, 0.15) is 11.6 Å². The van der Waals surface area contributed by atoms with Crippen LogP contribution in [0.2, 0.25) is 5.02 Å². The van der Waals surface area contributed by atoms with Crippen LogP contribution in [-0.2, 0) is 18.9 Å². The summed E-state index contributed by atoms with van der Waals surface area (Å²) in [4.78, 5) is 31.1. The topological polar surface area (TPSA) is 101 Å². The number of hydrogen-bond acceptors (Lipinski definition) is 4. The SMILES string of the molecule is Cc1cnc2n(C)c3c4c(c(NC(=O)c5cc(F)cc(C(F)(F)F)c5)cc3n12)C(O)(c1cc(F)ccc1Cl)NC4=O. The molecule has 3 heterocycles. The summed E-state index contributed by atoms with van der Waals surface area (Å²) in [5.74, 6) is -3.67. The van der Waals surface area contributed by atoms with Gasteiger partial charge in [0.25, 0.3) is 11.8 Å². The summed E-state index contributed by atoms with van der Waals surface area (Å²) in [6.45, 7) is 1.74. The molecule has 41 heavy (non-hydrogen) atoms. The Labute approximate surface area is 232 Å². The molecule has 1 unspecified atom stereocenters. The van der Waals surface area contributed by atoms with Crippen LogP contribution in [0.4, 0.5) is 27.6 Å². The number of carbonyl (C=O) groups excluding carboxylic acids is 2. The molecule has 0 saturated carbocycles. The van der Waals surface area contributed by atoms with Gasteiger partial charge in [0.2, 0.25) is 5.78 Å². The highest BCUT2D eigenvalue weighted by Gasteiger charge is 2.48. The average Bonchev–Trinajstić information content (AvgIpc) is 3.50. The van der Waals surface area contributed by atoms with Crippen molar-refractivity contribution in [2.24, 2.45) is 7.05 Å². The lowest BCUT2D eigenvalue weighted by Crippen LogP contribution is -2.41. The first-order valence-electron chi connectivity index (χ1n) is 11.9. The fourth-order valence-corrected chi connectivity index (χ4v) is 5.52. The minimum Gasteiger partial charge on any atom is -0.363 e. The molecule has 0 bridgehead atoms. The number of anilines is 1. The van der Waals surface area contributed by atoms with E-state index in [1.54, 1.807) is 29.1 Å². The van der Waals surface area contributed by atoms with Crippen LogP contribution >= 0.6 is 11.6 Å². The Hall–Kier alpha value is -4.49. The highest BCUT2D eigenvalue weighted by molar-refractivity contribution is 6.31. The molecule has 2 aromatic heterocycles. The molecule has 6 rings (SSSR count). The van der Waals surface area contributed by atoms with Crippen LogP contribution in [0, 0.1) is 18.6 Å². The molecule has 5 aromatic rings. The Balaban J connectivity index is 1.64. The lowest BCUT2D eigenvalue weighted by molar-refractivity contribution is -0.137. The summed E-state index contributed by atoms with van der Waals surface area (Å²) in [5, 5.41) is 16.6. The zero-order valence-corrected chi connectivity index (χ0v) is 21.7. The van der Waals surface area contributed by atoms with Gasteiger partial charge in [-0.3, -0.25) is 14.0 Å². The molecule has 0 saturated heterocycles. The molecule has 0 aliphatic carbocycles. The van der Waals surface area contributed by atoms with E-state index in [4.69, 9.17) is 11.6 Å². The molecule has 0 fully saturated rings. The zero-order chi connectivity index (χ0) is 29.6. The van der Waals surface area contributed by atoms with Crippen LogP contribution in [0.1, 0.15) is 43.1 Å². The van der Waals surface area contributed by atoms with Gasteiger partial charge in [-0.15, -0.1) is 0 Å². The zero-order valence-electron chi connectivity index (χ0n) is 21.0. The Morgan fingerprint density at radius 1 is 1.12 bits per heavy atom. The van der Waals surface area contributed by atoms with Crippen molar-refractivity contribution in [3.63, 3.8) is 0 Å². The molecule has 1 aliphatic rings. The summed E-state index contributed by atoms with van der Waals surface area (Å²) in [5.41, 5.74) is -4.11. The van der Waals surface area contributed by atoms with E-state index in [0.29, 0.717) is 29.1 Å². The lowest BCUT2D eigenvalue weighted by atomic mass is 9.91. The number of fused-ring (bicyclic) bond motifs is 5.